The van der Waals surface area contributed by atoms with Gasteiger partial charge in [-0.2, -0.15) is 5.10 Å². The van der Waals surface area contributed by atoms with Crippen molar-refractivity contribution in [2.45, 2.75) is 25.5 Å². The van der Waals surface area contributed by atoms with Gasteiger partial charge in [-0.3, -0.25) is 4.68 Å². The quantitative estimate of drug-likeness (QED) is 0.769. The van der Waals surface area contributed by atoms with Crippen molar-refractivity contribution in [2.75, 3.05) is 6.61 Å². The molecule has 0 radical (unpaired) electrons. The van der Waals surface area contributed by atoms with E-state index < -0.39 is 0 Å². The molecule has 0 aliphatic carbocycles. The average Bonchev–Trinajstić information content (AvgIpc) is 2.63. The molecule has 4 heteroatoms. The normalized spacial score (nSPS) is 23.2. The Balaban J connectivity index is 1.94. The number of nitrogens with zero attached hydrogens (tertiary/aromatic N) is 2. The minimum absolute atomic E-state index is 0.390. The Labute approximate surface area is 85.2 Å². The van der Waals surface area contributed by atoms with E-state index in [1.54, 1.807) is 0 Å². The molecule has 1 saturated heterocycles. The van der Waals surface area contributed by atoms with Gasteiger partial charge in [0, 0.05) is 12.8 Å². The lowest BCUT2D eigenvalue weighted by atomic mass is 10.2. The Kier molecular flexibility index (Phi) is 2.65. The third-order valence-electron chi connectivity index (χ3n) is 2.02. The van der Waals surface area contributed by atoms with E-state index in [9.17, 15) is 0 Å². The summed E-state index contributed by atoms with van der Waals surface area (Å²) in [5.74, 6) is 0. The zero-order valence-electron chi connectivity index (χ0n) is 6.74. The van der Waals surface area contributed by atoms with Crippen LogP contribution in [0.25, 0.3) is 0 Å². The van der Waals surface area contributed by atoms with Crippen molar-refractivity contribution in [2.24, 2.45) is 0 Å². The highest BCUT2D eigenvalue weighted by Crippen LogP contribution is 2.14. The molecule has 2 heterocycles. The Morgan fingerprint density at radius 2 is 2.67 bits per heavy atom. The molecule has 1 atom stereocenters. The highest BCUT2D eigenvalue weighted by atomic mass is 127. The zero-order chi connectivity index (χ0) is 8.39. The van der Waals surface area contributed by atoms with Crippen LogP contribution >= 0.6 is 22.6 Å². The maximum atomic E-state index is 5.50. The molecule has 0 amide bonds. The predicted octanol–water partition coefficient (Wildman–Crippen LogP) is 1.67. The van der Waals surface area contributed by atoms with E-state index in [4.69, 9.17) is 4.74 Å². The second kappa shape index (κ2) is 3.74. The smallest absolute Gasteiger partial charge is 0.0771 e. The van der Waals surface area contributed by atoms with Crippen LogP contribution in [0.2, 0.25) is 0 Å². The molecule has 2 rings (SSSR count). The summed E-state index contributed by atoms with van der Waals surface area (Å²) in [7, 11) is 0. The van der Waals surface area contributed by atoms with Crippen LogP contribution in [-0.2, 0) is 11.3 Å². The van der Waals surface area contributed by atoms with E-state index in [0.29, 0.717) is 6.10 Å². The Bertz CT molecular complexity index is 255. The first-order valence-corrected chi connectivity index (χ1v) is 5.22. The van der Waals surface area contributed by atoms with Crippen molar-refractivity contribution in [1.29, 1.82) is 0 Å². The highest BCUT2D eigenvalue weighted by molar-refractivity contribution is 14.1. The number of hydrogen-bond donors (Lipinski definition) is 0. The number of rotatable bonds is 2. The first-order chi connectivity index (χ1) is 5.84. The van der Waals surface area contributed by atoms with Crippen molar-refractivity contribution in [3.05, 3.63) is 16.0 Å². The van der Waals surface area contributed by atoms with Gasteiger partial charge in [-0.25, -0.2) is 0 Å². The molecule has 66 valence electrons. The van der Waals surface area contributed by atoms with Crippen LogP contribution in [0, 0.1) is 3.57 Å². The van der Waals surface area contributed by atoms with E-state index in [-0.39, 0.29) is 0 Å². The van der Waals surface area contributed by atoms with E-state index >= 15 is 0 Å². The molecule has 0 unspecified atom stereocenters. The zero-order valence-corrected chi connectivity index (χ0v) is 8.90. The van der Waals surface area contributed by atoms with Crippen LogP contribution < -0.4 is 0 Å². The SMILES string of the molecule is Ic1cnn(C[C@@H]2CCCO2)c1. The molecule has 0 saturated carbocycles. The maximum absolute atomic E-state index is 5.50. The fourth-order valence-electron chi connectivity index (χ4n) is 1.44. The van der Waals surface area contributed by atoms with Crippen molar-refractivity contribution >= 4 is 22.6 Å². The molecular weight excluding hydrogens is 267 g/mol. The molecule has 0 aromatic carbocycles. The summed E-state index contributed by atoms with van der Waals surface area (Å²) in [5, 5.41) is 4.21. The molecule has 3 nitrogen and oxygen atoms in total. The number of hydrogen-bond acceptors (Lipinski definition) is 2. The molecule has 1 aliphatic rings. The van der Waals surface area contributed by atoms with Gasteiger partial charge < -0.3 is 4.74 Å². The maximum Gasteiger partial charge on any atom is 0.0771 e. The summed E-state index contributed by atoms with van der Waals surface area (Å²) in [6, 6.07) is 0. The van der Waals surface area contributed by atoms with Gasteiger partial charge in [-0.15, -0.1) is 0 Å². The van der Waals surface area contributed by atoms with E-state index in [0.717, 1.165) is 13.2 Å². The summed E-state index contributed by atoms with van der Waals surface area (Å²) in [6.45, 7) is 1.83. The standard InChI is InChI=1S/C8H11IN2O/c9-7-4-10-11(5-7)6-8-2-1-3-12-8/h4-5,8H,1-3,6H2/t8-/m0/s1. The third-order valence-corrected chi connectivity index (χ3v) is 2.57. The molecule has 1 aromatic heterocycles. The van der Waals surface area contributed by atoms with Gasteiger partial charge in [0.05, 0.1) is 22.4 Å². The predicted molar refractivity (Wildman–Crippen MR) is 53.9 cm³/mol. The fourth-order valence-corrected chi connectivity index (χ4v) is 1.88. The van der Waals surface area contributed by atoms with Gasteiger partial charge >= 0.3 is 0 Å². The number of ether oxygens (including phenoxy) is 1. The third kappa shape index (κ3) is 1.98. The van der Waals surface area contributed by atoms with Crippen molar-refractivity contribution in [3.8, 4) is 0 Å². The molecule has 0 bridgehead atoms. The Hall–Kier alpha value is -0.100. The minimum atomic E-state index is 0.390. The summed E-state index contributed by atoms with van der Waals surface area (Å²) in [4.78, 5) is 0. The average molecular weight is 278 g/mol. The molecule has 0 spiro atoms. The van der Waals surface area contributed by atoms with Gasteiger partial charge in [0.25, 0.3) is 0 Å². The second-order valence-electron chi connectivity index (χ2n) is 3.02. The lowest BCUT2D eigenvalue weighted by Gasteiger charge is -2.08. The van der Waals surface area contributed by atoms with Gasteiger partial charge in [-0.1, -0.05) is 0 Å². The van der Waals surface area contributed by atoms with Crippen LogP contribution in [0.3, 0.4) is 0 Å². The second-order valence-corrected chi connectivity index (χ2v) is 4.26. The van der Waals surface area contributed by atoms with Gasteiger partial charge in [-0.05, 0) is 35.4 Å². The summed E-state index contributed by atoms with van der Waals surface area (Å²) in [6.07, 6.45) is 6.68. The number of halogens is 1. The monoisotopic (exact) mass is 278 g/mol. The summed E-state index contributed by atoms with van der Waals surface area (Å²) < 4.78 is 8.64. The molecule has 0 N–H and O–H groups in total. The highest BCUT2D eigenvalue weighted by Gasteiger charge is 2.15. The summed E-state index contributed by atoms with van der Waals surface area (Å²) >= 11 is 2.26. The van der Waals surface area contributed by atoms with E-state index in [2.05, 4.69) is 27.7 Å². The summed E-state index contributed by atoms with van der Waals surface area (Å²) in [5.41, 5.74) is 0. The number of aromatic nitrogens is 2. The van der Waals surface area contributed by atoms with Gasteiger partial charge in [0.1, 0.15) is 0 Å². The first-order valence-electron chi connectivity index (χ1n) is 4.14. The van der Waals surface area contributed by atoms with Crippen molar-refractivity contribution in [3.63, 3.8) is 0 Å². The molecule has 1 aromatic rings. The van der Waals surface area contributed by atoms with Crippen LogP contribution in [0.1, 0.15) is 12.8 Å². The van der Waals surface area contributed by atoms with Gasteiger partial charge in [0.2, 0.25) is 0 Å². The molecular formula is C8H11IN2O. The van der Waals surface area contributed by atoms with Crippen LogP contribution in [0.5, 0.6) is 0 Å². The fraction of sp³-hybridized carbons (Fsp3) is 0.625. The van der Waals surface area contributed by atoms with Crippen molar-refractivity contribution < 1.29 is 4.74 Å². The molecule has 1 fully saturated rings. The van der Waals surface area contributed by atoms with Gasteiger partial charge in [0.15, 0.2) is 0 Å². The topological polar surface area (TPSA) is 27.1 Å². The minimum Gasteiger partial charge on any atom is -0.376 e. The Morgan fingerprint density at radius 1 is 1.75 bits per heavy atom. The van der Waals surface area contributed by atoms with Crippen LogP contribution in [-0.4, -0.2) is 22.5 Å². The first kappa shape index (κ1) is 8.50. The van der Waals surface area contributed by atoms with Crippen molar-refractivity contribution in [1.82, 2.24) is 9.78 Å². The van der Waals surface area contributed by atoms with Crippen LogP contribution in [0.15, 0.2) is 12.4 Å². The lowest BCUT2D eigenvalue weighted by molar-refractivity contribution is 0.0940. The Morgan fingerprint density at radius 3 is 3.25 bits per heavy atom. The van der Waals surface area contributed by atoms with E-state index in [1.165, 1.54) is 16.4 Å². The van der Waals surface area contributed by atoms with E-state index in [1.807, 2.05) is 17.1 Å². The molecule has 1 aliphatic heterocycles. The largest absolute Gasteiger partial charge is 0.376 e. The molecule has 12 heavy (non-hydrogen) atoms. The van der Waals surface area contributed by atoms with Crippen LogP contribution in [0.4, 0.5) is 0 Å². The lowest BCUT2D eigenvalue weighted by Crippen LogP contribution is -2.14.